The van der Waals surface area contributed by atoms with Crippen molar-refractivity contribution in [3.05, 3.63) is 65.5 Å². The van der Waals surface area contributed by atoms with Gasteiger partial charge in [-0.1, -0.05) is 13.0 Å². The van der Waals surface area contributed by atoms with E-state index >= 15 is 0 Å². The van der Waals surface area contributed by atoms with Crippen molar-refractivity contribution in [2.24, 2.45) is 0 Å². The molecule has 0 saturated heterocycles. The zero-order valence-corrected chi connectivity index (χ0v) is 12.4. The molecule has 0 aliphatic heterocycles. The number of nitrogens with one attached hydrogen (secondary N) is 1. The molecule has 1 amide bonds. The monoisotopic (exact) mass is 304 g/mol. The lowest BCUT2D eigenvalue weighted by molar-refractivity contribution is -0.121. The van der Waals surface area contributed by atoms with Gasteiger partial charge in [-0.3, -0.25) is 9.78 Å². The van der Waals surface area contributed by atoms with Crippen molar-refractivity contribution in [2.75, 3.05) is 0 Å². The van der Waals surface area contributed by atoms with Crippen LogP contribution >= 0.6 is 0 Å². The van der Waals surface area contributed by atoms with E-state index in [0.717, 1.165) is 11.6 Å². The van der Waals surface area contributed by atoms with E-state index in [1.807, 2.05) is 19.1 Å². The van der Waals surface area contributed by atoms with E-state index in [-0.39, 0.29) is 5.91 Å². The first-order valence-corrected chi connectivity index (χ1v) is 7.23. The Morgan fingerprint density at radius 2 is 1.95 bits per heavy atom. The fraction of sp³-hybridized carbons (Fsp3) is 0.294. The van der Waals surface area contributed by atoms with Crippen LogP contribution in [0.5, 0.6) is 0 Å². The van der Waals surface area contributed by atoms with Gasteiger partial charge >= 0.3 is 0 Å². The summed E-state index contributed by atoms with van der Waals surface area (Å²) in [6.45, 7) is 1.84. The van der Waals surface area contributed by atoms with Gasteiger partial charge in [0, 0.05) is 30.4 Å². The Balaban J connectivity index is 1.96. The second kappa shape index (κ2) is 7.64. The molecule has 0 unspecified atom stereocenters. The summed E-state index contributed by atoms with van der Waals surface area (Å²) in [4.78, 5) is 15.9. The molecule has 0 radical (unpaired) electrons. The summed E-state index contributed by atoms with van der Waals surface area (Å²) in [6.07, 6.45) is 4.79. The van der Waals surface area contributed by atoms with Crippen molar-refractivity contribution in [3.63, 3.8) is 0 Å². The molecule has 116 valence electrons. The van der Waals surface area contributed by atoms with Crippen LogP contribution in [0.2, 0.25) is 0 Å². The molecule has 0 aliphatic rings. The number of aromatic nitrogens is 1. The minimum Gasteiger partial charge on any atom is -0.349 e. The molecule has 5 heteroatoms. The molecule has 1 heterocycles. The number of amides is 1. The highest BCUT2D eigenvalue weighted by Crippen LogP contribution is 2.21. The SMILES string of the molecule is CC[C@H](NC(=O)CCc1ccncc1)c1ccc(F)cc1F. The van der Waals surface area contributed by atoms with Crippen LogP contribution < -0.4 is 5.32 Å². The molecular formula is C17H18F2N2O. The molecule has 2 aromatic rings. The van der Waals surface area contributed by atoms with Crippen molar-refractivity contribution < 1.29 is 13.6 Å². The van der Waals surface area contributed by atoms with Crippen LogP contribution in [0.3, 0.4) is 0 Å². The number of pyridine rings is 1. The van der Waals surface area contributed by atoms with E-state index in [1.54, 1.807) is 12.4 Å². The van der Waals surface area contributed by atoms with E-state index in [9.17, 15) is 13.6 Å². The third kappa shape index (κ3) is 4.35. The van der Waals surface area contributed by atoms with Gasteiger partial charge in [0.05, 0.1) is 6.04 Å². The minimum absolute atomic E-state index is 0.160. The Morgan fingerprint density at radius 1 is 1.23 bits per heavy atom. The average molecular weight is 304 g/mol. The van der Waals surface area contributed by atoms with Gasteiger partial charge in [0.15, 0.2) is 0 Å². The summed E-state index contributed by atoms with van der Waals surface area (Å²) < 4.78 is 26.7. The predicted octanol–water partition coefficient (Wildman–Crippen LogP) is 3.56. The number of halogens is 2. The second-order valence-corrected chi connectivity index (χ2v) is 5.05. The van der Waals surface area contributed by atoms with E-state index in [2.05, 4.69) is 10.3 Å². The molecular weight excluding hydrogens is 286 g/mol. The van der Waals surface area contributed by atoms with E-state index in [4.69, 9.17) is 0 Å². The van der Waals surface area contributed by atoms with Crippen molar-refractivity contribution in [2.45, 2.75) is 32.2 Å². The average Bonchev–Trinajstić information content (AvgIpc) is 2.52. The molecule has 0 saturated carbocycles. The van der Waals surface area contributed by atoms with Crippen LogP contribution in [0, 0.1) is 11.6 Å². The van der Waals surface area contributed by atoms with E-state index in [0.29, 0.717) is 24.8 Å². The van der Waals surface area contributed by atoms with Crippen LogP contribution in [0.25, 0.3) is 0 Å². The fourth-order valence-corrected chi connectivity index (χ4v) is 2.26. The van der Waals surface area contributed by atoms with Crippen LogP contribution in [0.4, 0.5) is 8.78 Å². The number of benzene rings is 1. The van der Waals surface area contributed by atoms with Crippen molar-refractivity contribution >= 4 is 5.91 Å². The van der Waals surface area contributed by atoms with Gasteiger partial charge in [0.2, 0.25) is 5.91 Å². The van der Waals surface area contributed by atoms with Gasteiger partial charge in [-0.2, -0.15) is 0 Å². The highest BCUT2D eigenvalue weighted by molar-refractivity contribution is 5.76. The first-order valence-electron chi connectivity index (χ1n) is 7.23. The summed E-state index contributed by atoms with van der Waals surface area (Å²) in [5.74, 6) is -1.42. The second-order valence-electron chi connectivity index (χ2n) is 5.05. The lowest BCUT2D eigenvalue weighted by Crippen LogP contribution is -2.29. The van der Waals surface area contributed by atoms with E-state index < -0.39 is 17.7 Å². The molecule has 1 aromatic heterocycles. The number of carbonyl (C=O) groups is 1. The maximum absolute atomic E-state index is 13.8. The molecule has 0 spiro atoms. The zero-order valence-electron chi connectivity index (χ0n) is 12.4. The molecule has 2 rings (SSSR count). The van der Waals surface area contributed by atoms with Gasteiger partial charge in [0.25, 0.3) is 0 Å². The quantitative estimate of drug-likeness (QED) is 0.886. The lowest BCUT2D eigenvalue weighted by atomic mass is 10.0. The Hall–Kier alpha value is -2.30. The molecule has 0 bridgehead atoms. The Kier molecular flexibility index (Phi) is 5.58. The highest BCUT2D eigenvalue weighted by atomic mass is 19.1. The molecule has 1 atom stereocenters. The maximum atomic E-state index is 13.8. The van der Waals surface area contributed by atoms with Crippen molar-refractivity contribution in [1.29, 1.82) is 0 Å². The summed E-state index contributed by atoms with van der Waals surface area (Å²) in [5.41, 5.74) is 1.33. The number of hydrogen-bond donors (Lipinski definition) is 1. The van der Waals surface area contributed by atoms with Crippen LogP contribution in [-0.4, -0.2) is 10.9 Å². The number of nitrogens with zero attached hydrogens (tertiary/aromatic N) is 1. The molecule has 1 aromatic carbocycles. The summed E-state index contributed by atoms with van der Waals surface area (Å²) in [7, 11) is 0. The Bertz CT molecular complexity index is 632. The number of hydrogen-bond acceptors (Lipinski definition) is 2. The molecule has 22 heavy (non-hydrogen) atoms. The topological polar surface area (TPSA) is 42.0 Å². The molecule has 0 aliphatic carbocycles. The Labute approximate surface area is 128 Å². The number of carbonyl (C=O) groups excluding carboxylic acids is 1. The third-order valence-electron chi connectivity index (χ3n) is 3.47. The minimum atomic E-state index is -0.638. The lowest BCUT2D eigenvalue weighted by Gasteiger charge is -2.18. The van der Waals surface area contributed by atoms with Gasteiger partial charge in [-0.15, -0.1) is 0 Å². The van der Waals surface area contributed by atoms with Crippen molar-refractivity contribution in [3.8, 4) is 0 Å². The first-order chi connectivity index (χ1) is 10.6. The molecule has 1 N–H and O–H groups in total. The first kappa shape index (κ1) is 16.1. The third-order valence-corrected chi connectivity index (χ3v) is 3.47. The van der Waals surface area contributed by atoms with Crippen LogP contribution in [0.15, 0.2) is 42.7 Å². The van der Waals surface area contributed by atoms with E-state index in [1.165, 1.54) is 12.1 Å². The van der Waals surface area contributed by atoms with Crippen molar-refractivity contribution in [1.82, 2.24) is 10.3 Å². The predicted molar refractivity (Wildman–Crippen MR) is 80.1 cm³/mol. The summed E-state index contributed by atoms with van der Waals surface area (Å²) in [5, 5.41) is 2.80. The summed E-state index contributed by atoms with van der Waals surface area (Å²) >= 11 is 0. The molecule has 0 fully saturated rings. The summed E-state index contributed by atoms with van der Waals surface area (Å²) in [6, 6.07) is 6.66. The van der Waals surface area contributed by atoms with Gasteiger partial charge in [0.1, 0.15) is 11.6 Å². The smallest absolute Gasteiger partial charge is 0.220 e. The molecule has 3 nitrogen and oxygen atoms in total. The fourth-order valence-electron chi connectivity index (χ4n) is 2.26. The number of aryl methyl sites for hydroxylation is 1. The van der Waals surface area contributed by atoms with Gasteiger partial charge < -0.3 is 5.32 Å². The van der Waals surface area contributed by atoms with Crippen LogP contribution in [0.1, 0.15) is 36.9 Å². The van der Waals surface area contributed by atoms with Gasteiger partial charge in [-0.05, 0) is 36.6 Å². The standard InChI is InChI=1S/C17H18F2N2O/c1-2-16(14-5-4-13(18)11-15(14)19)21-17(22)6-3-12-7-9-20-10-8-12/h4-5,7-11,16H,2-3,6H2,1H3,(H,21,22)/t16-/m0/s1. The van der Waals surface area contributed by atoms with Crippen LogP contribution in [-0.2, 0) is 11.2 Å². The van der Waals surface area contributed by atoms with Gasteiger partial charge in [-0.25, -0.2) is 8.78 Å². The maximum Gasteiger partial charge on any atom is 0.220 e. The normalized spacial score (nSPS) is 12.0. The number of rotatable bonds is 6. The Morgan fingerprint density at radius 3 is 2.59 bits per heavy atom. The highest BCUT2D eigenvalue weighted by Gasteiger charge is 2.16. The zero-order chi connectivity index (χ0) is 15.9. The largest absolute Gasteiger partial charge is 0.349 e.